The van der Waals surface area contributed by atoms with Gasteiger partial charge in [0.25, 0.3) is 5.91 Å². The molecule has 1 amide bonds. The number of anilines is 1. The highest BCUT2D eigenvalue weighted by Gasteiger charge is 2.09. The fraction of sp³-hybridized carbons (Fsp3) is 0.150. The van der Waals surface area contributed by atoms with Crippen LogP contribution in [-0.2, 0) is 4.79 Å². The molecule has 0 unspecified atom stereocenters. The van der Waals surface area contributed by atoms with E-state index in [0.717, 1.165) is 16.3 Å². The van der Waals surface area contributed by atoms with E-state index in [-0.39, 0.29) is 12.5 Å². The van der Waals surface area contributed by atoms with Gasteiger partial charge in [0.1, 0.15) is 5.82 Å². The molecule has 0 saturated heterocycles. The highest BCUT2D eigenvalue weighted by atomic mass is 32.1. The molecule has 0 aliphatic rings. The number of hydrogen-bond donors (Lipinski definition) is 1. The van der Waals surface area contributed by atoms with Crippen molar-refractivity contribution >= 4 is 22.9 Å². The fourth-order valence-corrected chi connectivity index (χ4v) is 3.33. The van der Waals surface area contributed by atoms with Gasteiger partial charge in [0.05, 0.1) is 10.7 Å². The number of amides is 1. The largest absolute Gasteiger partial charge is 0.467 e. The van der Waals surface area contributed by atoms with Crippen LogP contribution in [0.1, 0.15) is 10.8 Å². The Kier molecular flexibility index (Phi) is 5.30. The number of rotatable bonds is 6. The molecule has 0 aliphatic heterocycles. The van der Waals surface area contributed by atoms with Crippen LogP contribution >= 0.6 is 11.3 Å². The molecule has 1 N–H and O–H groups in total. The van der Waals surface area contributed by atoms with E-state index in [4.69, 9.17) is 4.74 Å². The van der Waals surface area contributed by atoms with Crippen LogP contribution in [0.15, 0.2) is 54.2 Å². The molecule has 0 radical (unpaired) electrons. The molecule has 29 heavy (non-hydrogen) atoms. The van der Waals surface area contributed by atoms with Crippen LogP contribution in [0.2, 0.25) is 0 Å². The predicted octanol–water partition coefficient (Wildman–Crippen LogP) is 3.42. The summed E-state index contributed by atoms with van der Waals surface area (Å²) in [5.74, 6) is 1.13. The summed E-state index contributed by atoms with van der Waals surface area (Å²) in [6.07, 6.45) is 3.43. The van der Waals surface area contributed by atoms with Crippen molar-refractivity contribution < 1.29 is 9.53 Å². The molecule has 0 bridgehead atoms. The minimum atomic E-state index is -0.284. The fourth-order valence-electron chi connectivity index (χ4n) is 2.71. The van der Waals surface area contributed by atoms with Crippen LogP contribution in [0.4, 0.5) is 5.69 Å². The molecule has 0 spiro atoms. The number of carbonyl (C=O) groups excluding carboxylic acids is 1. The Balaban J connectivity index is 1.41. The third-order valence-corrected chi connectivity index (χ3v) is 4.73. The lowest BCUT2D eigenvalue weighted by molar-refractivity contribution is -0.118. The number of carbonyl (C=O) groups is 1. The van der Waals surface area contributed by atoms with Gasteiger partial charge in [0, 0.05) is 35.1 Å². The van der Waals surface area contributed by atoms with E-state index in [9.17, 15) is 4.79 Å². The van der Waals surface area contributed by atoms with Crippen LogP contribution in [0.5, 0.6) is 5.88 Å². The second-order valence-corrected chi connectivity index (χ2v) is 7.29. The van der Waals surface area contributed by atoms with E-state index in [2.05, 4.69) is 25.4 Å². The van der Waals surface area contributed by atoms with Gasteiger partial charge in [0.15, 0.2) is 12.4 Å². The lowest BCUT2D eigenvalue weighted by atomic mass is 10.1. The molecule has 0 aliphatic carbocycles. The molecular formula is C20H18N6O2S. The van der Waals surface area contributed by atoms with Crippen LogP contribution in [0, 0.1) is 13.8 Å². The second kappa shape index (κ2) is 8.19. The molecule has 0 atom stereocenters. The molecule has 1 aromatic carbocycles. The van der Waals surface area contributed by atoms with E-state index in [0.29, 0.717) is 23.2 Å². The highest BCUT2D eigenvalue weighted by molar-refractivity contribution is 7.09. The number of nitrogens with zero attached hydrogens (tertiary/aromatic N) is 5. The summed E-state index contributed by atoms with van der Waals surface area (Å²) in [7, 11) is 0. The summed E-state index contributed by atoms with van der Waals surface area (Å²) in [4.78, 5) is 25.3. The maximum atomic E-state index is 12.3. The van der Waals surface area contributed by atoms with Gasteiger partial charge >= 0.3 is 0 Å². The quantitative estimate of drug-likeness (QED) is 0.527. The van der Waals surface area contributed by atoms with Crippen LogP contribution in [0.3, 0.4) is 0 Å². The molecule has 0 fully saturated rings. The van der Waals surface area contributed by atoms with E-state index in [1.54, 1.807) is 47.5 Å². The Morgan fingerprint density at radius 1 is 1.17 bits per heavy atom. The normalized spacial score (nSPS) is 10.7. The predicted molar refractivity (Wildman–Crippen MR) is 110 cm³/mol. The lowest BCUT2D eigenvalue weighted by Gasteiger charge is -2.09. The number of hydrogen-bond acceptors (Lipinski definition) is 7. The van der Waals surface area contributed by atoms with Crippen molar-refractivity contribution in [3.63, 3.8) is 0 Å². The Morgan fingerprint density at radius 3 is 2.83 bits per heavy atom. The molecule has 4 aromatic rings. The van der Waals surface area contributed by atoms with Crippen molar-refractivity contribution in [2.45, 2.75) is 13.8 Å². The summed E-state index contributed by atoms with van der Waals surface area (Å²) in [5, 5.41) is 9.97. The summed E-state index contributed by atoms with van der Waals surface area (Å²) < 4.78 is 7.17. The minimum Gasteiger partial charge on any atom is -0.467 e. The molecule has 8 nitrogen and oxygen atoms in total. The third-order valence-electron chi connectivity index (χ3n) is 3.95. The topological polar surface area (TPSA) is 94.8 Å². The van der Waals surface area contributed by atoms with Crippen molar-refractivity contribution in [2.24, 2.45) is 0 Å². The summed E-state index contributed by atoms with van der Waals surface area (Å²) in [5.41, 5.74) is 2.52. The first-order chi connectivity index (χ1) is 14.1. The van der Waals surface area contributed by atoms with Crippen LogP contribution < -0.4 is 10.1 Å². The van der Waals surface area contributed by atoms with Crippen molar-refractivity contribution in [1.82, 2.24) is 24.7 Å². The Bertz CT molecular complexity index is 1140. The molecule has 146 valence electrons. The Morgan fingerprint density at radius 2 is 2.07 bits per heavy atom. The SMILES string of the molecule is Cc1nc(OCC(=O)Nc2cccc(-c3csc(C)n3)c2)cc(-n2cccn2)n1. The summed E-state index contributed by atoms with van der Waals surface area (Å²) >= 11 is 1.59. The van der Waals surface area contributed by atoms with Gasteiger partial charge in [-0.05, 0) is 32.0 Å². The zero-order valence-corrected chi connectivity index (χ0v) is 16.7. The van der Waals surface area contributed by atoms with E-state index < -0.39 is 0 Å². The van der Waals surface area contributed by atoms with Crippen molar-refractivity contribution in [1.29, 1.82) is 0 Å². The molecule has 9 heteroatoms. The molecular weight excluding hydrogens is 388 g/mol. The van der Waals surface area contributed by atoms with E-state index >= 15 is 0 Å². The van der Waals surface area contributed by atoms with Gasteiger partial charge in [-0.15, -0.1) is 11.3 Å². The van der Waals surface area contributed by atoms with Gasteiger partial charge in [-0.3, -0.25) is 4.79 Å². The monoisotopic (exact) mass is 406 g/mol. The Hall–Kier alpha value is -3.59. The smallest absolute Gasteiger partial charge is 0.262 e. The lowest BCUT2D eigenvalue weighted by Crippen LogP contribution is -2.20. The van der Waals surface area contributed by atoms with Crippen molar-refractivity contribution in [3.8, 4) is 23.0 Å². The first kappa shape index (κ1) is 18.8. The average molecular weight is 406 g/mol. The standard InChI is InChI=1S/C20H18N6O2S/c1-13-22-18(26-8-4-7-21-26)10-20(23-13)28-11-19(27)25-16-6-3-5-15(9-16)17-12-29-14(2)24-17/h3-10,12H,11H2,1-2H3,(H,25,27). The second-order valence-electron chi connectivity index (χ2n) is 6.23. The Labute approximate surface area is 171 Å². The maximum Gasteiger partial charge on any atom is 0.262 e. The number of aromatic nitrogens is 5. The van der Waals surface area contributed by atoms with E-state index in [1.165, 1.54) is 0 Å². The molecule has 4 rings (SSSR count). The van der Waals surface area contributed by atoms with Gasteiger partial charge in [-0.2, -0.15) is 10.1 Å². The summed E-state index contributed by atoms with van der Waals surface area (Å²) in [6.45, 7) is 3.55. The van der Waals surface area contributed by atoms with Crippen LogP contribution in [-0.4, -0.2) is 37.2 Å². The van der Waals surface area contributed by atoms with Gasteiger partial charge in [-0.1, -0.05) is 12.1 Å². The van der Waals surface area contributed by atoms with Gasteiger partial charge in [0.2, 0.25) is 5.88 Å². The first-order valence-corrected chi connectivity index (χ1v) is 9.76. The highest BCUT2D eigenvalue weighted by Crippen LogP contribution is 2.24. The maximum absolute atomic E-state index is 12.3. The van der Waals surface area contributed by atoms with Crippen molar-refractivity contribution in [3.05, 3.63) is 65.0 Å². The molecule has 0 saturated carbocycles. The van der Waals surface area contributed by atoms with Gasteiger partial charge < -0.3 is 10.1 Å². The zero-order chi connectivity index (χ0) is 20.2. The number of ether oxygens (including phenoxy) is 1. The number of nitrogens with one attached hydrogen (secondary N) is 1. The number of benzene rings is 1. The van der Waals surface area contributed by atoms with Gasteiger partial charge in [-0.25, -0.2) is 14.6 Å². The summed E-state index contributed by atoms with van der Waals surface area (Å²) in [6, 6.07) is 11.0. The zero-order valence-electron chi connectivity index (χ0n) is 15.9. The van der Waals surface area contributed by atoms with Crippen LogP contribution in [0.25, 0.3) is 17.1 Å². The average Bonchev–Trinajstić information content (AvgIpc) is 3.38. The number of thiazole rings is 1. The molecule has 3 heterocycles. The van der Waals surface area contributed by atoms with E-state index in [1.807, 2.05) is 36.6 Å². The first-order valence-electron chi connectivity index (χ1n) is 8.88. The molecule has 3 aromatic heterocycles. The van der Waals surface area contributed by atoms with Crippen molar-refractivity contribution in [2.75, 3.05) is 11.9 Å². The minimum absolute atomic E-state index is 0.172. The number of aryl methyl sites for hydroxylation is 2. The third kappa shape index (κ3) is 4.64.